The van der Waals surface area contributed by atoms with Crippen LogP contribution in [0.15, 0.2) is 77.7 Å². The summed E-state index contributed by atoms with van der Waals surface area (Å²) in [6.45, 7) is 1.43. The Morgan fingerprint density at radius 2 is 1.46 bits per heavy atom. The molecule has 0 atom stereocenters. The highest BCUT2D eigenvalue weighted by molar-refractivity contribution is 7.92. The molecule has 0 aliphatic carbocycles. The second-order valence-electron chi connectivity index (χ2n) is 8.28. The molecule has 1 saturated heterocycles. The molecule has 0 bridgehead atoms. The van der Waals surface area contributed by atoms with Crippen molar-refractivity contribution in [2.45, 2.75) is 10.6 Å². The first-order chi connectivity index (χ1) is 17.7. The fourth-order valence-corrected chi connectivity index (χ4v) is 6.23. The zero-order chi connectivity index (χ0) is 26.5. The van der Waals surface area contributed by atoms with E-state index in [1.54, 1.807) is 48.5 Å². The maximum Gasteiger partial charge on any atom is 0.261 e. The summed E-state index contributed by atoms with van der Waals surface area (Å²) in [7, 11) is -5.76. The summed E-state index contributed by atoms with van der Waals surface area (Å²) in [6.07, 6.45) is 0. The van der Waals surface area contributed by atoms with Crippen LogP contribution in [0.4, 0.5) is 11.4 Å². The molecule has 0 saturated carbocycles. The lowest BCUT2D eigenvalue weighted by atomic mass is 10.1. The topological polar surface area (TPSA) is 131 Å². The van der Waals surface area contributed by atoms with Gasteiger partial charge >= 0.3 is 0 Å². The number of rotatable bonds is 9. The molecule has 10 nitrogen and oxygen atoms in total. The summed E-state index contributed by atoms with van der Waals surface area (Å²) < 4.78 is 64.7. The van der Waals surface area contributed by atoms with E-state index in [1.807, 2.05) is 0 Å². The normalized spacial score (nSPS) is 14.6. The number of methoxy groups -OCH3 is 1. The van der Waals surface area contributed by atoms with Gasteiger partial charge in [0.1, 0.15) is 5.75 Å². The van der Waals surface area contributed by atoms with Crippen molar-refractivity contribution in [3.8, 4) is 5.75 Å². The zero-order valence-electron chi connectivity index (χ0n) is 20.1. The molecule has 3 aromatic rings. The number of nitrogens with zero attached hydrogens (tertiary/aromatic N) is 1. The van der Waals surface area contributed by atoms with E-state index in [2.05, 4.69) is 10.0 Å². The molecule has 2 N–H and O–H groups in total. The molecule has 3 aromatic carbocycles. The Morgan fingerprint density at radius 1 is 0.865 bits per heavy atom. The lowest BCUT2D eigenvalue weighted by molar-refractivity contribution is 0.0729. The Kier molecular flexibility index (Phi) is 8.13. The molecule has 1 aliphatic rings. The molecule has 1 aliphatic heterocycles. The number of sulfonamides is 2. The van der Waals surface area contributed by atoms with Crippen LogP contribution in [0.3, 0.4) is 0 Å². The van der Waals surface area contributed by atoms with Crippen LogP contribution < -0.4 is 14.8 Å². The van der Waals surface area contributed by atoms with E-state index in [0.717, 1.165) is 0 Å². The van der Waals surface area contributed by atoms with Crippen LogP contribution in [0, 0.1) is 0 Å². The number of hydrogen-bond donors (Lipinski definition) is 2. The van der Waals surface area contributed by atoms with Gasteiger partial charge in [-0.15, -0.1) is 0 Å². The summed E-state index contributed by atoms with van der Waals surface area (Å²) in [4.78, 5) is 12.7. The molecule has 0 aromatic heterocycles. The fourth-order valence-electron chi connectivity index (χ4n) is 3.67. The predicted molar refractivity (Wildman–Crippen MR) is 140 cm³/mol. The average molecular weight is 546 g/mol. The predicted octanol–water partition coefficient (Wildman–Crippen LogP) is 2.91. The fraction of sp³-hybridized carbons (Fsp3) is 0.240. The van der Waals surface area contributed by atoms with Crippen LogP contribution in [0.25, 0.3) is 0 Å². The summed E-state index contributed by atoms with van der Waals surface area (Å²) >= 11 is 0. The summed E-state index contributed by atoms with van der Waals surface area (Å²) in [5.74, 6) is 0.0420. The summed E-state index contributed by atoms with van der Waals surface area (Å²) in [6, 6.07) is 18.5. The number of carbonyl (C=O) groups excluding carboxylic acids is 1. The third-order valence-electron chi connectivity index (χ3n) is 5.69. The van der Waals surface area contributed by atoms with E-state index in [-0.39, 0.29) is 10.6 Å². The minimum Gasteiger partial charge on any atom is -0.497 e. The number of morpholine rings is 1. The van der Waals surface area contributed by atoms with Crippen LogP contribution in [0.2, 0.25) is 0 Å². The van der Waals surface area contributed by atoms with Gasteiger partial charge in [-0.2, -0.15) is 4.31 Å². The smallest absolute Gasteiger partial charge is 0.261 e. The Bertz CT molecular complexity index is 1430. The molecule has 1 fully saturated rings. The number of anilines is 2. The number of nitrogens with one attached hydrogen (secondary N) is 2. The largest absolute Gasteiger partial charge is 0.497 e. The van der Waals surface area contributed by atoms with Crippen LogP contribution in [0.5, 0.6) is 5.75 Å². The van der Waals surface area contributed by atoms with E-state index in [0.29, 0.717) is 54.6 Å². The Morgan fingerprint density at radius 3 is 2.05 bits per heavy atom. The van der Waals surface area contributed by atoms with Gasteiger partial charge in [-0.3, -0.25) is 9.52 Å². The maximum atomic E-state index is 12.7. The van der Waals surface area contributed by atoms with Gasteiger partial charge in [0.15, 0.2) is 0 Å². The molecule has 1 heterocycles. The molecule has 12 heteroatoms. The van der Waals surface area contributed by atoms with Crippen molar-refractivity contribution in [2.24, 2.45) is 0 Å². The van der Waals surface area contributed by atoms with Gasteiger partial charge in [-0.1, -0.05) is 12.1 Å². The molecule has 0 radical (unpaired) electrons. The second kappa shape index (κ2) is 11.3. The third kappa shape index (κ3) is 6.86. The highest BCUT2D eigenvalue weighted by Crippen LogP contribution is 2.21. The van der Waals surface area contributed by atoms with Gasteiger partial charge in [0.25, 0.3) is 15.9 Å². The standard InChI is InChI=1S/C25H27N3O7S2/c1-34-23-10-6-22(7-11-23)27-37(32,33)24-12-8-21(9-13-24)26-25(29)20-4-2-19(3-5-20)18-36(30,31)28-14-16-35-17-15-28/h2-13,27H,14-18H2,1H3,(H,26,29). The molecule has 1 amide bonds. The molecule has 37 heavy (non-hydrogen) atoms. The lowest BCUT2D eigenvalue weighted by Crippen LogP contribution is -2.41. The molecular formula is C25H27N3O7S2. The van der Waals surface area contributed by atoms with Gasteiger partial charge in [-0.05, 0) is 66.2 Å². The van der Waals surface area contributed by atoms with Gasteiger partial charge < -0.3 is 14.8 Å². The third-order valence-corrected chi connectivity index (χ3v) is 8.94. The Labute approximate surface area is 216 Å². The van der Waals surface area contributed by atoms with E-state index < -0.39 is 26.0 Å². The molecule has 196 valence electrons. The van der Waals surface area contributed by atoms with Crippen LogP contribution in [0.1, 0.15) is 15.9 Å². The van der Waals surface area contributed by atoms with Crippen LogP contribution in [-0.4, -0.2) is 60.5 Å². The van der Waals surface area contributed by atoms with Gasteiger partial charge in [0.05, 0.1) is 31.0 Å². The Hall–Kier alpha value is -3.45. The van der Waals surface area contributed by atoms with E-state index >= 15 is 0 Å². The minimum atomic E-state index is -3.82. The first-order valence-electron chi connectivity index (χ1n) is 11.4. The number of benzene rings is 3. The van der Waals surface area contributed by atoms with Crippen LogP contribution >= 0.6 is 0 Å². The molecule has 0 spiro atoms. The van der Waals surface area contributed by atoms with Crippen molar-refractivity contribution in [1.82, 2.24) is 4.31 Å². The van der Waals surface area contributed by atoms with Crippen molar-refractivity contribution in [3.63, 3.8) is 0 Å². The maximum absolute atomic E-state index is 12.7. The van der Waals surface area contributed by atoms with Crippen molar-refractivity contribution in [1.29, 1.82) is 0 Å². The number of carbonyl (C=O) groups is 1. The first-order valence-corrected chi connectivity index (χ1v) is 14.5. The van der Waals surface area contributed by atoms with E-state index in [4.69, 9.17) is 9.47 Å². The molecular weight excluding hydrogens is 518 g/mol. The van der Waals surface area contributed by atoms with E-state index in [1.165, 1.54) is 35.7 Å². The second-order valence-corrected chi connectivity index (χ2v) is 11.9. The Balaban J connectivity index is 1.36. The van der Waals surface area contributed by atoms with E-state index in [9.17, 15) is 21.6 Å². The highest BCUT2D eigenvalue weighted by Gasteiger charge is 2.24. The van der Waals surface area contributed by atoms with Crippen LogP contribution in [-0.2, 0) is 30.5 Å². The van der Waals surface area contributed by atoms with Crippen molar-refractivity contribution in [2.75, 3.05) is 43.5 Å². The molecule has 0 unspecified atom stereocenters. The monoisotopic (exact) mass is 545 g/mol. The van der Waals surface area contributed by atoms with Gasteiger partial charge in [0, 0.05) is 30.0 Å². The lowest BCUT2D eigenvalue weighted by Gasteiger charge is -2.26. The van der Waals surface area contributed by atoms with Gasteiger partial charge in [-0.25, -0.2) is 16.8 Å². The first kappa shape index (κ1) is 26.6. The zero-order valence-corrected chi connectivity index (χ0v) is 21.7. The number of amides is 1. The van der Waals surface area contributed by atoms with Crippen molar-refractivity contribution >= 4 is 37.3 Å². The highest BCUT2D eigenvalue weighted by atomic mass is 32.2. The van der Waals surface area contributed by atoms with Gasteiger partial charge in [0.2, 0.25) is 10.0 Å². The summed E-state index contributed by atoms with van der Waals surface area (Å²) in [5, 5.41) is 2.71. The summed E-state index contributed by atoms with van der Waals surface area (Å²) in [5.41, 5.74) is 1.71. The molecule has 4 rings (SSSR count). The quantitative estimate of drug-likeness (QED) is 0.423. The van der Waals surface area contributed by atoms with Crippen molar-refractivity contribution < 1.29 is 31.1 Å². The minimum absolute atomic E-state index is 0.0344. The number of hydrogen-bond acceptors (Lipinski definition) is 7. The SMILES string of the molecule is COc1ccc(NS(=O)(=O)c2ccc(NC(=O)c3ccc(CS(=O)(=O)N4CCOCC4)cc3)cc2)cc1. The van der Waals surface area contributed by atoms with Crippen molar-refractivity contribution in [3.05, 3.63) is 83.9 Å². The average Bonchev–Trinajstić information content (AvgIpc) is 2.90. The number of ether oxygens (including phenoxy) is 2.